The number of rotatable bonds is 4. The number of aliphatic hydroxyl groups excluding tert-OH is 1. The van der Waals surface area contributed by atoms with Crippen LogP contribution in [0.3, 0.4) is 0 Å². The van der Waals surface area contributed by atoms with Gasteiger partial charge >= 0.3 is 0 Å². The van der Waals surface area contributed by atoms with Crippen LogP contribution < -0.4 is 5.73 Å². The van der Waals surface area contributed by atoms with E-state index in [1.165, 1.54) is 18.5 Å². The van der Waals surface area contributed by atoms with Crippen LogP contribution in [0.5, 0.6) is 0 Å². The van der Waals surface area contributed by atoms with Gasteiger partial charge in [0.2, 0.25) is 0 Å². The molecule has 3 heterocycles. The first-order chi connectivity index (χ1) is 16.1. The highest BCUT2D eigenvalue weighted by Gasteiger charge is 2.47. The van der Waals surface area contributed by atoms with Gasteiger partial charge in [-0.05, 0) is 61.6 Å². The molecule has 4 atom stereocenters. The standard InChI is InChI=1S/C25H25ClFN5O2/c1-12(6-14-7-19(27)16-9-18(26)23(28)31-20(16)8-14)17-10-21(22(33)25(17,3)34)32-5-4-15-13(2)29-11-30-24(15)32/h4-5,7-12,21-22,33-34H,6H2,1-3H3,(H2,28,31)/t12?,21-,22?,25-/m1/s1. The van der Waals surface area contributed by atoms with Crippen LogP contribution >= 0.6 is 11.6 Å². The van der Waals surface area contributed by atoms with Crippen molar-refractivity contribution in [1.29, 1.82) is 0 Å². The summed E-state index contributed by atoms with van der Waals surface area (Å²) in [5.74, 6) is -0.480. The lowest BCUT2D eigenvalue weighted by Gasteiger charge is -2.31. The summed E-state index contributed by atoms with van der Waals surface area (Å²) in [5, 5.41) is 23.8. The van der Waals surface area contributed by atoms with Gasteiger partial charge in [-0.2, -0.15) is 0 Å². The number of hydrogen-bond donors (Lipinski definition) is 3. The van der Waals surface area contributed by atoms with Gasteiger partial charge in [0.15, 0.2) is 0 Å². The van der Waals surface area contributed by atoms with Gasteiger partial charge in [0.25, 0.3) is 0 Å². The fourth-order valence-electron chi connectivity index (χ4n) is 5.04. The molecule has 0 saturated heterocycles. The monoisotopic (exact) mass is 481 g/mol. The molecular weight excluding hydrogens is 457 g/mol. The van der Waals surface area contributed by atoms with Gasteiger partial charge in [0.1, 0.15) is 35.3 Å². The van der Waals surface area contributed by atoms with E-state index in [1.54, 1.807) is 13.0 Å². The van der Waals surface area contributed by atoms with Crippen molar-refractivity contribution in [2.24, 2.45) is 5.92 Å². The molecule has 0 saturated carbocycles. The minimum atomic E-state index is -1.46. The van der Waals surface area contributed by atoms with Crippen LogP contribution in [0.1, 0.15) is 31.1 Å². The third-order valence-corrected chi connectivity index (χ3v) is 7.16. The third kappa shape index (κ3) is 3.53. The highest BCUT2D eigenvalue weighted by Crippen LogP contribution is 2.43. The molecule has 9 heteroatoms. The summed E-state index contributed by atoms with van der Waals surface area (Å²) in [6.07, 6.45) is 4.59. The Morgan fingerprint density at radius 3 is 2.79 bits per heavy atom. The number of anilines is 1. The fourth-order valence-corrected chi connectivity index (χ4v) is 5.19. The number of pyridine rings is 1. The highest BCUT2D eigenvalue weighted by molar-refractivity contribution is 6.33. The van der Waals surface area contributed by atoms with Crippen LogP contribution in [0.2, 0.25) is 5.02 Å². The second-order valence-electron chi connectivity index (χ2n) is 9.23. The summed E-state index contributed by atoms with van der Waals surface area (Å²) in [7, 11) is 0. The Kier molecular flexibility index (Phi) is 5.35. The highest BCUT2D eigenvalue weighted by atomic mass is 35.5. The number of aryl methyl sites for hydroxylation is 1. The van der Waals surface area contributed by atoms with E-state index < -0.39 is 23.6 Å². The molecule has 0 spiro atoms. The van der Waals surface area contributed by atoms with Crippen molar-refractivity contribution < 1.29 is 14.6 Å². The average Bonchev–Trinajstić information content (AvgIpc) is 3.29. The maximum atomic E-state index is 14.8. The molecule has 0 radical (unpaired) electrons. The second kappa shape index (κ2) is 8.01. The quantitative estimate of drug-likeness (QED) is 0.378. The van der Waals surface area contributed by atoms with Crippen molar-refractivity contribution in [3.63, 3.8) is 0 Å². The van der Waals surface area contributed by atoms with Gasteiger partial charge in [-0.15, -0.1) is 0 Å². The van der Waals surface area contributed by atoms with E-state index in [4.69, 9.17) is 17.3 Å². The smallest absolute Gasteiger partial charge is 0.144 e. The molecule has 176 valence electrons. The van der Waals surface area contributed by atoms with Crippen LogP contribution in [0.25, 0.3) is 21.9 Å². The number of fused-ring (bicyclic) bond motifs is 2. The van der Waals surface area contributed by atoms with Crippen molar-refractivity contribution in [3.8, 4) is 0 Å². The minimum absolute atomic E-state index is 0.143. The number of halogens is 2. The molecule has 1 aliphatic carbocycles. The Morgan fingerprint density at radius 2 is 2.03 bits per heavy atom. The SMILES string of the molecule is Cc1ncnc2c1ccn2[C@@H]1C=C(C(C)Cc2cc(F)c3cc(Cl)c(N)nc3c2)[C@@](C)(O)C1O. The number of aliphatic hydroxyl groups is 2. The zero-order valence-electron chi connectivity index (χ0n) is 19.0. The number of nitrogens with zero attached hydrogens (tertiary/aromatic N) is 4. The Labute approximate surface area is 200 Å². The third-order valence-electron chi connectivity index (χ3n) is 6.86. The molecule has 7 nitrogen and oxygen atoms in total. The van der Waals surface area contributed by atoms with Gasteiger partial charge in [0, 0.05) is 17.0 Å². The van der Waals surface area contributed by atoms with Crippen LogP contribution in [0, 0.1) is 18.7 Å². The summed E-state index contributed by atoms with van der Waals surface area (Å²) >= 11 is 5.99. The Hall–Kier alpha value is -3.07. The van der Waals surface area contributed by atoms with Crippen LogP contribution in [0.15, 0.2) is 48.4 Å². The van der Waals surface area contributed by atoms with Crippen LogP contribution in [0.4, 0.5) is 10.2 Å². The first-order valence-electron chi connectivity index (χ1n) is 11.0. The summed E-state index contributed by atoms with van der Waals surface area (Å²) < 4.78 is 16.6. The lowest BCUT2D eigenvalue weighted by molar-refractivity contribution is -0.0421. The number of nitrogens with two attached hydrogens (primary N) is 1. The summed E-state index contributed by atoms with van der Waals surface area (Å²) in [4.78, 5) is 12.8. The maximum Gasteiger partial charge on any atom is 0.144 e. The molecular formula is C25H25ClFN5O2. The van der Waals surface area contributed by atoms with E-state index in [-0.39, 0.29) is 16.8 Å². The van der Waals surface area contributed by atoms with E-state index in [0.29, 0.717) is 34.1 Å². The van der Waals surface area contributed by atoms with E-state index in [0.717, 1.165) is 11.1 Å². The topological polar surface area (TPSA) is 110 Å². The Bertz CT molecular complexity index is 1460. The van der Waals surface area contributed by atoms with E-state index in [9.17, 15) is 14.6 Å². The first-order valence-corrected chi connectivity index (χ1v) is 11.4. The molecule has 3 aromatic heterocycles. The van der Waals surface area contributed by atoms with E-state index in [2.05, 4.69) is 15.0 Å². The summed E-state index contributed by atoms with van der Waals surface area (Å²) in [6.45, 7) is 5.45. The summed E-state index contributed by atoms with van der Waals surface area (Å²) in [6, 6.07) is 6.10. The molecule has 4 N–H and O–H groups in total. The lowest BCUT2D eigenvalue weighted by Crippen LogP contribution is -2.42. The molecule has 2 unspecified atom stereocenters. The molecule has 34 heavy (non-hydrogen) atoms. The zero-order chi connectivity index (χ0) is 24.4. The summed E-state index contributed by atoms with van der Waals surface area (Å²) in [5.41, 5.74) is 7.68. The predicted molar refractivity (Wildman–Crippen MR) is 130 cm³/mol. The Balaban J connectivity index is 1.50. The predicted octanol–water partition coefficient (Wildman–Crippen LogP) is 4.13. The average molecular weight is 482 g/mol. The largest absolute Gasteiger partial charge is 0.387 e. The van der Waals surface area contributed by atoms with Crippen molar-refractivity contribution >= 4 is 39.4 Å². The lowest BCUT2D eigenvalue weighted by atomic mass is 9.84. The van der Waals surface area contributed by atoms with Crippen LogP contribution in [-0.2, 0) is 6.42 Å². The maximum absolute atomic E-state index is 14.8. The molecule has 1 aromatic carbocycles. The van der Waals surface area contributed by atoms with Gasteiger partial charge in [0.05, 0.1) is 22.3 Å². The van der Waals surface area contributed by atoms with Gasteiger partial charge in [-0.25, -0.2) is 19.3 Å². The molecule has 0 aliphatic heterocycles. The van der Waals surface area contributed by atoms with Gasteiger partial charge in [-0.3, -0.25) is 0 Å². The molecule has 5 rings (SSSR count). The normalized spacial score (nSPS) is 23.6. The van der Waals surface area contributed by atoms with Crippen molar-refractivity contribution in [2.75, 3.05) is 5.73 Å². The van der Waals surface area contributed by atoms with Gasteiger partial charge < -0.3 is 20.5 Å². The van der Waals surface area contributed by atoms with Crippen molar-refractivity contribution in [1.82, 2.24) is 19.5 Å². The molecule has 0 amide bonds. The van der Waals surface area contributed by atoms with Gasteiger partial charge in [-0.1, -0.05) is 24.6 Å². The zero-order valence-corrected chi connectivity index (χ0v) is 19.8. The van der Waals surface area contributed by atoms with E-state index in [1.807, 2.05) is 36.8 Å². The van der Waals surface area contributed by atoms with E-state index >= 15 is 0 Å². The number of aromatic nitrogens is 4. The fraction of sp³-hybridized carbons (Fsp3) is 0.320. The minimum Gasteiger partial charge on any atom is -0.387 e. The molecule has 0 fully saturated rings. The van der Waals surface area contributed by atoms with Crippen LogP contribution in [-0.4, -0.2) is 41.4 Å². The molecule has 1 aliphatic rings. The molecule has 4 aromatic rings. The van der Waals surface area contributed by atoms with Crippen molar-refractivity contribution in [2.45, 2.75) is 44.9 Å². The molecule has 0 bridgehead atoms. The number of nitrogen functional groups attached to an aromatic ring is 1. The Morgan fingerprint density at radius 1 is 1.26 bits per heavy atom. The van der Waals surface area contributed by atoms with Crippen molar-refractivity contribution in [3.05, 3.63) is 70.5 Å². The number of hydrogen-bond acceptors (Lipinski definition) is 6. The first kappa shape index (κ1) is 22.7. The number of benzene rings is 1. The second-order valence-corrected chi connectivity index (χ2v) is 9.64.